The highest BCUT2D eigenvalue weighted by Crippen LogP contribution is 2.40. The number of methoxy groups -OCH3 is 2. The van der Waals surface area contributed by atoms with Gasteiger partial charge in [-0.3, -0.25) is 4.90 Å². The highest BCUT2D eigenvalue weighted by molar-refractivity contribution is 5.66. The third-order valence-corrected chi connectivity index (χ3v) is 6.34. The minimum absolute atomic E-state index is 0.489. The van der Waals surface area contributed by atoms with Crippen molar-refractivity contribution >= 4 is 11.8 Å². The molecule has 8 nitrogen and oxygen atoms in total. The lowest BCUT2D eigenvalue weighted by Gasteiger charge is -2.55. The zero-order valence-corrected chi connectivity index (χ0v) is 18.0. The third kappa shape index (κ3) is 3.99. The Kier molecular flexibility index (Phi) is 6.90. The summed E-state index contributed by atoms with van der Waals surface area (Å²) in [5.74, 6) is 0.834. The largest absolute Gasteiger partial charge is 0.495 e. The fraction of sp³-hybridized carbons (Fsp3) is 0.591. The predicted octanol–water partition coefficient (Wildman–Crippen LogP) is 2.29. The van der Waals surface area contributed by atoms with E-state index in [-0.39, 0.29) is 0 Å². The summed E-state index contributed by atoms with van der Waals surface area (Å²) in [5, 5.41) is 23.4. The molecule has 0 radical (unpaired) electrons. The van der Waals surface area contributed by atoms with Gasteiger partial charge in [-0.15, -0.1) is 0 Å². The summed E-state index contributed by atoms with van der Waals surface area (Å²) >= 11 is 0. The third-order valence-electron chi connectivity index (χ3n) is 6.34. The quantitative estimate of drug-likeness (QED) is 0.584. The van der Waals surface area contributed by atoms with Gasteiger partial charge in [0.2, 0.25) is 0 Å². The Balaban J connectivity index is 1.82. The number of benzene rings is 1. The number of para-hydroxylation sites is 2. The van der Waals surface area contributed by atoms with Crippen LogP contribution < -0.4 is 15.0 Å². The molecule has 1 saturated heterocycles. The molecule has 3 unspecified atom stereocenters. The summed E-state index contributed by atoms with van der Waals surface area (Å²) in [4.78, 5) is 15.9. The van der Waals surface area contributed by atoms with Gasteiger partial charge in [0.25, 0.3) is 0 Å². The van der Waals surface area contributed by atoms with Gasteiger partial charge in [0.1, 0.15) is 11.9 Å². The lowest BCUT2D eigenvalue weighted by atomic mass is 9.75. The van der Waals surface area contributed by atoms with E-state index in [1.807, 2.05) is 37.3 Å². The van der Waals surface area contributed by atoms with Gasteiger partial charge in [-0.1, -0.05) is 37.6 Å². The Morgan fingerprint density at radius 3 is 2.53 bits per heavy atom. The number of nitrogens with zero attached hydrogens (tertiary/aromatic N) is 2. The molecule has 3 atom stereocenters. The molecule has 1 aliphatic carbocycles. The van der Waals surface area contributed by atoms with Crippen molar-refractivity contribution in [2.24, 2.45) is 0 Å². The zero-order chi connectivity index (χ0) is 21.8. The Hall–Kier alpha value is -2.29. The molecule has 3 N–H and O–H groups in total. The van der Waals surface area contributed by atoms with E-state index in [4.69, 9.17) is 9.47 Å². The van der Waals surface area contributed by atoms with Crippen LogP contribution >= 0.6 is 0 Å². The Morgan fingerprint density at radius 2 is 1.93 bits per heavy atom. The van der Waals surface area contributed by atoms with E-state index in [1.165, 1.54) is 0 Å². The summed E-state index contributed by atoms with van der Waals surface area (Å²) in [5.41, 5.74) is -1.02. The predicted molar refractivity (Wildman–Crippen MR) is 115 cm³/mol. The van der Waals surface area contributed by atoms with Crippen LogP contribution in [-0.4, -0.2) is 79.0 Å². The molecule has 166 valence electrons. The highest BCUT2D eigenvalue weighted by atomic mass is 16.5. The lowest BCUT2D eigenvalue weighted by Crippen LogP contribution is -2.72. The van der Waals surface area contributed by atoms with E-state index in [0.29, 0.717) is 25.9 Å². The first kappa shape index (κ1) is 22.4. The minimum atomic E-state index is -1.15. The van der Waals surface area contributed by atoms with Crippen molar-refractivity contribution < 1.29 is 24.5 Å². The maximum atomic E-state index is 11.5. The smallest absolute Gasteiger partial charge is 0.405 e. The molecule has 0 spiro atoms. The summed E-state index contributed by atoms with van der Waals surface area (Å²) < 4.78 is 11.4. The average molecular weight is 420 g/mol. The van der Waals surface area contributed by atoms with Crippen molar-refractivity contribution in [1.82, 2.24) is 10.2 Å². The fourth-order valence-electron chi connectivity index (χ4n) is 4.89. The Labute approximate surface area is 178 Å². The van der Waals surface area contributed by atoms with Crippen LogP contribution in [0.3, 0.4) is 0 Å². The van der Waals surface area contributed by atoms with Gasteiger partial charge in [-0.25, -0.2) is 4.79 Å². The first-order valence-electron chi connectivity index (χ1n) is 10.5. The van der Waals surface area contributed by atoms with Crippen LogP contribution in [0.15, 0.2) is 36.4 Å². The summed E-state index contributed by atoms with van der Waals surface area (Å²) in [7, 11) is 3.26. The molecule has 0 bridgehead atoms. The van der Waals surface area contributed by atoms with Crippen molar-refractivity contribution in [3.63, 3.8) is 0 Å². The molecule has 1 amide bonds. The maximum absolute atomic E-state index is 11.5. The second-order valence-corrected chi connectivity index (χ2v) is 7.92. The standard InChI is InChI=1S/C22H33N3O5/c1-4-10-21(23-20(27)28)11-7-12-22(30-3,19(21)26)25-15-13-24(14-16-25)17-8-5-6-9-18(17)29-2/h5-9,11,19,23,26H,4,10,12-16H2,1-3H3,(H,27,28). The highest BCUT2D eigenvalue weighted by Gasteiger charge is 2.55. The fourth-order valence-corrected chi connectivity index (χ4v) is 4.89. The van der Waals surface area contributed by atoms with Gasteiger partial charge in [0, 0.05) is 39.7 Å². The van der Waals surface area contributed by atoms with Gasteiger partial charge in [-0.2, -0.15) is 0 Å². The minimum Gasteiger partial charge on any atom is -0.495 e. The molecule has 0 aromatic heterocycles. The monoisotopic (exact) mass is 419 g/mol. The Bertz CT molecular complexity index is 765. The number of aliphatic hydroxyl groups excluding tert-OH is 1. The van der Waals surface area contributed by atoms with Crippen LogP contribution in [0.5, 0.6) is 5.75 Å². The number of carboxylic acid groups (broad SMARTS) is 1. The zero-order valence-electron chi connectivity index (χ0n) is 18.0. The number of carbonyl (C=O) groups is 1. The Morgan fingerprint density at radius 1 is 1.23 bits per heavy atom. The number of rotatable bonds is 7. The van der Waals surface area contributed by atoms with Crippen molar-refractivity contribution in [1.29, 1.82) is 0 Å². The van der Waals surface area contributed by atoms with Crippen molar-refractivity contribution in [2.75, 3.05) is 45.3 Å². The summed E-state index contributed by atoms with van der Waals surface area (Å²) in [6.45, 7) is 4.81. The van der Waals surface area contributed by atoms with E-state index < -0.39 is 23.5 Å². The number of anilines is 1. The van der Waals surface area contributed by atoms with Crippen LogP contribution in [-0.2, 0) is 4.74 Å². The van der Waals surface area contributed by atoms with E-state index in [0.717, 1.165) is 30.9 Å². The molecule has 1 aromatic carbocycles. The summed E-state index contributed by atoms with van der Waals surface area (Å²) in [6.07, 6.45) is 3.23. The van der Waals surface area contributed by atoms with Gasteiger partial charge < -0.3 is 29.9 Å². The normalized spacial score (nSPS) is 29.6. The molecule has 3 rings (SSSR count). The lowest BCUT2D eigenvalue weighted by molar-refractivity contribution is -0.218. The van der Waals surface area contributed by atoms with Gasteiger partial charge in [0.15, 0.2) is 5.72 Å². The SMILES string of the molecule is CCCC1(NC(=O)O)C=CCC(OC)(N2CCN(c3ccccc3OC)CC2)C1O. The van der Waals surface area contributed by atoms with Crippen LogP contribution in [0.1, 0.15) is 26.2 Å². The van der Waals surface area contributed by atoms with Crippen molar-refractivity contribution in [3.8, 4) is 5.75 Å². The van der Waals surface area contributed by atoms with E-state index in [1.54, 1.807) is 20.3 Å². The molecular weight excluding hydrogens is 386 g/mol. The molecule has 1 fully saturated rings. The molecule has 30 heavy (non-hydrogen) atoms. The molecule has 8 heteroatoms. The molecule has 2 aliphatic rings. The number of hydrogen-bond acceptors (Lipinski definition) is 6. The first-order chi connectivity index (χ1) is 14.4. The number of nitrogens with one attached hydrogen (secondary N) is 1. The van der Waals surface area contributed by atoms with E-state index >= 15 is 0 Å². The van der Waals surface area contributed by atoms with Gasteiger partial charge >= 0.3 is 6.09 Å². The van der Waals surface area contributed by atoms with Crippen LogP contribution in [0.2, 0.25) is 0 Å². The van der Waals surface area contributed by atoms with Crippen LogP contribution in [0, 0.1) is 0 Å². The van der Waals surface area contributed by atoms with Crippen LogP contribution in [0.25, 0.3) is 0 Å². The first-order valence-corrected chi connectivity index (χ1v) is 10.5. The number of hydrogen-bond donors (Lipinski definition) is 3. The van der Waals surface area contributed by atoms with Gasteiger partial charge in [0.05, 0.1) is 18.3 Å². The van der Waals surface area contributed by atoms with E-state index in [9.17, 15) is 15.0 Å². The topological polar surface area (TPSA) is 94.5 Å². The van der Waals surface area contributed by atoms with Gasteiger partial charge in [-0.05, 0) is 18.6 Å². The summed E-state index contributed by atoms with van der Waals surface area (Å²) in [6, 6.07) is 7.94. The number of ether oxygens (including phenoxy) is 2. The number of aliphatic hydroxyl groups is 1. The molecule has 1 aliphatic heterocycles. The second kappa shape index (κ2) is 9.24. The molecule has 0 saturated carbocycles. The molecule has 1 heterocycles. The maximum Gasteiger partial charge on any atom is 0.405 e. The number of amides is 1. The molecule has 1 aromatic rings. The van der Waals surface area contributed by atoms with E-state index in [2.05, 4.69) is 15.1 Å². The molecular formula is C22H33N3O5. The second-order valence-electron chi connectivity index (χ2n) is 7.92. The average Bonchev–Trinajstić information content (AvgIpc) is 2.76. The van der Waals surface area contributed by atoms with Crippen molar-refractivity contribution in [3.05, 3.63) is 36.4 Å². The van der Waals surface area contributed by atoms with Crippen LogP contribution in [0.4, 0.5) is 10.5 Å². The number of piperazine rings is 1. The van der Waals surface area contributed by atoms with Crippen molar-refractivity contribution in [2.45, 2.75) is 43.6 Å².